The molecule has 25 heavy (non-hydrogen) atoms. The van der Waals surface area contributed by atoms with E-state index in [0.29, 0.717) is 37.1 Å². The SMILES string of the molecule is NCCCCNC1=C2C(=O)N(C3CCC(=O)NC3=O)C(=O)C2=CCC1. The second-order valence-electron chi connectivity index (χ2n) is 6.38. The summed E-state index contributed by atoms with van der Waals surface area (Å²) in [5.74, 6) is -1.86. The van der Waals surface area contributed by atoms with Gasteiger partial charge < -0.3 is 11.1 Å². The summed E-state index contributed by atoms with van der Waals surface area (Å²) in [5.41, 5.74) is 6.97. The quantitative estimate of drug-likeness (QED) is 0.439. The molecule has 0 aromatic heterocycles. The van der Waals surface area contributed by atoms with Gasteiger partial charge in [-0.05, 0) is 38.6 Å². The van der Waals surface area contributed by atoms with Gasteiger partial charge in [0.15, 0.2) is 0 Å². The molecule has 3 aliphatic rings. The Bertz CT molecular complexity index is 695. The molecule has 1 unspecified atom stereocenters. The first-order valence-corrected chi connectivity index (χ1v) is 8.63. The zero-order chi connectivity index (χ0) is 18.0. The van der Waals surface area contributed by atoms with Crippen LogP contribution in [0.5, 0.6) is 0 Å². The van der Waals surface area contributed by atoms with E-state index in [1.54, 1.807) is 6.08 Å². The minimum atomic E-state index is -0.921. The third-order valence-electron chi connectivity index (χ3n) is 4.69. The normalized spacial score (nSPS) is 23.6. The molecule has 2 aliphatic heterocycles. The highest BCUT2D eigenvalue weighted by Crippen LogP contribution is 2.35. The minimum absolute atomic E-state index is 0.121. The van der Waals surface area contributed by atoms with Crippen molar-refractivity contribution in [1.82, 2.24) is 15.5 Å². The Morgan fingerprint density at radius 3 is 2.68 bits per heavy atom. The van der Waals surface area contributed by atoms with Crippen LogP contribution in [0, 0.1) is 0 Å². The molecule has 134 valence electrons. The Balaban J connectivity index is 1.83. The van der Waals surface area contributed by atoms with E-state index >= 15 is 0 Å². The molecule has 4 N–H and O–H groups in total. The Kier molecular flexibility index (Phi) is 4.98. The smallest absolute Gasteiger partial charge is 0.264 e. The highest BCUT2D eigenvalue weighted by Gasteiger charge is 2.48. The highest BCUT2D eigenvalue weighted by molar-refractivity contribution is 6.26. The molecule has 1 atom stereocenters. The average molecular weight is 346 g/mol. The van der Waals surface area contributed by atoms with E-state index in [1.807, 2.05) is 0 Å². The first kappa shape index (κ1) is 17.3. The summed E-state index contributed by atoms with van der Waals surface area (Å²) in [4.78, 5) is 49.9. The summed E-state index contributed by atoms with van der Waals surface area (Å²) >= 11 is 0. The van der Waals surface area contributed by atoms with Crippen LogP contribution in [0.4, 0.5) is 0 Å². The third kappa shape index (κ3) is 3.21. The molecular weight excluding hydrogens is 324 g/mol. The predicted octanol–water partition coefficient (Wildman–Crippen LogP) is -0.537. The van der Waals surface area contributed by atoms with Gasteiger partial charge in [0.1, 0.15) is 6.04 Å². The lowest BCUT2D eigenvalue weighted by molar-refractivity contribution is -0.149. The zero-order valence-electron chi connectivity index (χ0n) is 14.0. The summed E-state index contributed by atoms with van der Waals surface area (Å²) in [6.07, 6.45) is 5.13. The summed E-state index contributed by atoms with van der Waals surface area (Å²) in [7, 11) is 0. The van der Waals surface area contributed by atoms with Gasteiger partial charge in [-0.1, -0.05) is 6.08 Å². The first-order chi connectivity index (χ1) is 12.0. The van der Waals surface area contributed by atoms with Crippen molar-refractivity contribution < 1.29 is 19.2 Å². The number of nitrogens with one attached hydrogen (secondary N) is 2. The van der Waals surface area contributed by atoms with Crippen molar-refractivity contribution in [2.24, 2.45) is 5.73 Å². The van der Waals surface area contributed by atoms with Crippen LogP contribution < -0.4 is 16.4 Å². The van der Waals surface area contributed by atoms with E-state index in [9.17, 15) is 19.2 Å². The monoisotopic (exact) mass is 346 g/mol. The fourth-order valence-corrected chi connectivity index (χ4v) is 3.43. The number of nitrogens with two attached hydrogens (primary N) is 1. The number of rotatable bonds is 6. The molecule has 2 saturated heterocycles. The summed E-state index contributed by atoms with van der Waals surface area (Å²) in [6.45, 7) is 1.29. The number of likely N-dealkylation sites (tertiary alicyclic amines) is 1. The van der Waals surface area contributed by atoms with Crippen LogP contribution in [0.3, 0.4) is 0 Å². The number of imide groups is 2. The summed E-state index contributed by atoms with van der Waals surface area (Å²) in [5, 5.41) is 5.45. The van der Waals surface area contributed by atoms with Crippen LogP contribution in [-0.4, -0.2) is 47.7 Å². The number of unbranched alkanes of at least 4 members (excludes halogenated alkanes) is 1. The van der Waals surface area contributed by atoms with Crippen LogP contribution in [0.1, 0.15) is 38.5 Å². The van der Waals surface area contributed by atoms with Gasteiger partial charge in [-0.25, -0.2) is 0 Å². The molecule has 2 fully saturated rings. The van der Waals surface area contributed by atoms with Crippen LogP contribution in [-0.2, 0) is 19.2 Å². The van der Waals surface area contributed by atoms with Gasteiger partial charge in [-0.3, -0.25) is 29.4 Å². The lowest BCUT2D eigenvalue weighted by Crippen LogP contribution is -2.54. The Hall–Kier alpha value is -2.48. The van der Waals surface area contributed by atoms with Gasteiger partial charge in [0, 0.05) is 18.7 Å². The number of allylic oxidation sites excluding steroid dienone is 2. The fourth-order valence-electron chi connectivity index (χ4n) is 3.43. The standard InChI is InChI=1S/C17H22N4O4/c18-8-1-2-9-19-11-5-3-4-10-14(11)17(25)21(16(10)24)12-6-7-13(22)20-15(12)23/h4,12,19H,1-3,5-9,18H2,(H,20,22,23). The minimum Gasteiger partial charge on any atom is -0.388 e. The lowest BCUT2D eigenvalue weighted by atomic mass is 9.96. The Morgan fingerprint density at radius 1 is 1.16 bits per heavy atom. The van der Waals surface area contributed by atoms with Gasteiger partial charge >= 0.3 is 0 Å². The Labute approximate surface area is 145 Å². The molecular formula is C17H22N4O4. The molecule has 8 heteroatoms. The van der Waals surface area contributed by atoms with Crippen LogP contribution in [0.25, 0.3) is 0 Å². The summed E-state index contributed by atoms with van der Waals surface area (Å²) < 4.78 is 0. The molecule has 0 bridgehead atoms. The number of hydrogen-bond acceptors (Lipinski definition) is 6. The van der Waals surface area contributed by atoms with Crippen LogP contribution >= 0.6 is 0 Å². The first-order valence-electron chi connectivity index (χ1n) is 8.63. The molecule has 0 aromatic rings. The van der Waals surface area contributed by atoms with Crippen molar-refractivity contribution >= 4 is 23.6 Å². The largest absolute Gasteiger partial charge is 0.388 e. The molecule has 8 nitrogen and oxygen atoms in total. The van der Waals surface area contributed by atoms with Crippen molar-refractivity contribution in [3.63, 3.8) is 0 Å². The fraction of sp³-hybridized carbons (Fsp3) is 0.529. The topological polar surface area (TPSA) is 122 Å². The number of carbonyl (C=O) groups excluding carboxylic acids is 4. The highest BCUT2D eigenvalue weighted by atomic mass is 16.2. The molecule has 3 rings (SSSR count). The molecule has 0 saturated carbocycles. The van der Waals surface area contributed by atoms with Crippen LogP contribution in [0.2, 0.25) is 0 Å². The number of piperidine rings is 1. The van der Waals surface area contributed by atoms with Crippen molar-refractivity contribution in [2.45, 2.75) is 44.6 Å². The molecule has 0 radical (unpaired) electrons. The molecule has 0 aromatic carbocycles. The average Bonchev–Trinajstić information content (AvgIpc) is 2.84. The number of fused-ring (bicyclic) bond motifs is 1. The van der Waals surface area contributed by atoms with E-state index in [2.05, 4.69) is 10.6 Å². The van der Waals surface area contributed by atoms with Crippen molar-refractivity contribution in [1.29, 1.82) is 0 Å². The van der Waals surface area contributed by atoms with Crippen molar-refractivity contribution in [2.75, 3.05) is 13.1 Å². The number of hydrogen-bond donors (Lipinski definition) is 3. The second kappa shape index (κ2) is 7.18. The number of carbonyl (C=O) groups is 4. The predicted molar refractivity (Wildman–Crippen MR) is 88.7 cm³/mol. The molecule has 1 aliphatic carbocycles. The van der Waals surface area contributed by atoms with E-state index in [1.165, 1.54) is 0 Å². The summed E-state index contributed by atoms with van der Waals surface area (Å²) in [6, 6.07) is -0.921. The van der Waals surface area contributed by atoms with Gasteiger partial charge in [0.2, 0.25) is 11.8 Å². The maximum absolute atomic E-state index is 12.9. The lowest BCUT2D eigenvalue weighted by Gasteiger charge is -2.27. The van der Waals surface area contributed by atoms with Gasteiger partial charge in [0.05, 0.1) is 11.1 Å². The van der Waals surface area contributed by atoms with Crippen molar-refractivity contribution in [3.8, 4) is 0 Å². The van der Waals surface area contributed by atoms with E-state index in [0.717, 1.165) is 23.4 Å². The van der Waals surface area contributed by atoms with Gasteiger partial charge in [-0.15, -0.1) is 0 Å². The van der Waals surface area contributed by atoms with E-state index in [4.69, 9.17) is 5.73 Å². The van der Waals surface area contributed by atoms with Crippen molar-refractivity contribution in [3.05, 3.63) is 22.9 Å². The maximum atomic E-state index is 12.9. The third-order valence-corrected chi connectivity index (χ3v) is 4.69. The molecule has 0 spiro atoms. The maximum Gasteiger partial charge on any atom is 0.264 e. The van der Waals surface area contributed by atoms with Gasteiger partial charge in [0.25, 0.3) is 11.8 Å². The van der Waals surface area contributed by atoms with Gasteiger partial charge in [-0.2, -0.15) is 0 Å². The molecule has 4 amide bonds. The Morgan fingerprint density at radius 2 is 1.96 bits per heavy atom. The zero-order valence-corrected chi connectivity index (χ0v) is 14.0. The number of nitrogens with zero attached hydrogens (tertiary/aromatic N) is 1. The second-order valence-corrected chi connectivity index (χ2v) is 6.38. The number of amides is 4. The van der Waals surface area contributed by atoms with E-state index < -0.39 is 23.8 Å². The van der Waals surface area contributed by atoms with Crippen LogP contribution in [0.15, 0.2) is 22.9 Å². The molecule has 2 heterocycles. The van der Waals surface area contributed by atoms with E-state index in [-0.39, 0.29) is 18.7 Å².